The zero-order valence-corrected chi connectivity index (χ0v) is 15.4. The Morgan fingerprint density at radius 2 is 1.57 bits per heavy atom. The van der Waals surface area contributed by atoms with Gasteiger partial charge < -0.3 is 9.80 Å². The van der Waals surface area contributed by atoms with Crippen molar-refractivity contribution in [3.63, 3.8) is 0 Å². The summed E-state index contributed by atoms with van der Waals surface area (Å²) < 4.78 is 0. The molecule has 0 radical (unpaired) electrons. The van der Waals surface area contributed by atoms with Crippen LogP contribution in [0.15, 0.2) is 54.6 Å². The van der Waals surface area contributed by atoms with Gasteiger partial charge in [-0.3, -0.25) is 14.4 Å². The monoisotopic (exact) mass is 377 g/mol. The number of urea groups is 1. The Kier molecular flexibility index (Phi) is 4.43. The van der Waals surface area contributed by atoms with E-state index in [1.165, 1.54) is 11.8 Å². The number of imide groups is 1. The summed E-state index contributed by atoms with van der Waals surface area (Å²) >= 11 is 0. The van der Waals surface area contributed by atoms with Crippen LogP contribution in [-0.4, -0.2) is 59.1 Å². The fourth-order valence-electron chi connectivity index (χ4n) is 3.63. The smallest absolute Gasteiger partial charge is 0.332 e. The van der Waals surface area contributed by atoms with Crippen LogP contribution in [0.1, 0.15) is 27.6 Å². The van der Waals surface area contributed by atoms with E-state index in [4.69, 9.17) is 0 Å². The van der Waals surface area contributed by atoms with Crippen LogP contribution in [0.5, 0.6) is 0 Å². The molecule has 2 aromatic rings. The van der Waals surface area contributed by atoms with E-state index in [-0.39, 0.29) is 24.1 Å². The van der Waals surface area contributed by atoms with E-state index in [0.717, 1.165) is 4.90 Å². The van der Waals surface area contributed by atoms with E-state index in [9.17, 15) is 19.2 Å². The lowest BCUT2D eigenvalue weighted by Crippen LogP contribution is -2.54. The van der Waals surface area contributed by atoms with E-state index in [1.54, 1.807) is 53.4 Å². The van der Waals surface area contributed by atoms with Crippen molar-refractivity contribution in [2.75, 3.05) is 24.5 Å². The average molecular weight is 377 g/mol. The fourth-order valence-corrected chi connectivity index (χ4v) is 3.63. The van der Waals surface area contributed by atoms with Gasteiger partial charge in [-0.05, 0) is 43.3 Å². The number of rotatable bonds is 3. The molecule has 0 spiro atoms. The molecule has 0 unspecified atom stereocenters. The Morgan fingerprint density at radius 1 is 0.893 bits per heavy atom. The van der Waals surface area contributed by atoms with Gasteiger partial charge in [-0.1, -0.05) is 18.2 Å². The van der Waals surface area contributed by atoms with Gasteiger partial charge in [0.2, 0.25) is 0 Å². The molecule has 0 aliphatic carbocycles. The minimum absolute atomic E-state index is 0.0851. The largest absolute Gasteiger partial charge is 0.334 e. The van der Waals surface area contributed by atoms with Crippen LogP contribution in [0, 0.1) is 0 Å². The Morgan fingerprint density at radius 3 is 2.21 bits per heavy atom. The number of nitrogens with zero attached hydrogens (tertiary/aromatic N) is 3. The first-order valence-electron chi connectivity index (χ1n) is 9.07. The first-order valence-corrected chi connectivity index (χ1v) is 9.07. The van der Waals surface area contributed by atoms with Crippen molar-refractivity contribution in [3.05, 3.63) is 65.7 Å². The molecule has 0 N–H and O–H groups in total. The van der Waals surface area contributed by atoms with Crippen LogP contribution < -0.4 is 4.90 Å². The second-order valence-electron chi connectivity index (χ2n) is 6.89. The van der Waals surface area contributed by atoms with Gasteiger partial charge in [-0.2, -0.15) is 0 Å². The summed E-state index contributed by atoms with van der Waals surface area (Å²) in [6, 6.07) is 14.2. The van der Waals surface area contributed by atoms with Crippen molar-refractivity contribution in [1.82, 2.24) is 9.80 Å². The highest BCUT2D eigenvalue weighted by Gasteiger charge is 2.49. The lowest BCUT2D eigenvalue weighted by atomic mass is 10.1. The Labute approximate surface area is 162 Å². The third kappa shape index (κ3) is 2.94. The van der Waals surface area contributed by atoms with E-state index in [1.807, 2.05) is 6.07 Å². The minimum Gasteiger partial charge on any atom is -0.334 e. The number of amides is 4. The number of Topliss-reactive ketones (excluding diaryl/α,β-unsaturated/α-hetero) is 1. The molecule has 1 atom stereocenters. The van der Waals surface area contributed by atoms with Gasteiger partial charge in [0.15, 0.2) is 5.78 Å². The third-order valence-corrected chi connectivity index (χ3v) is 5.16. The summed E-state index contributed by atoms with van der Waals surface area (Å²) in [4.78, 5) is 54.1. The van der Waals surface area contributed by atoms with Crippen molar-refractivity contribution >= 4 is 29.3 Å². The van der Waals surface area contributed by atoms with Crippen molar-refractivity contribution in [3.8, 4) is 0 Å². The number of fused-ring (bicyclic) bond motifs is 1. The molecule has 28 heavy (non-hydrogen) atoms. The number of carbonyl (C=O) groups is 4. The molecule has 2 saturated heterocycles. The number of hydrogen-bond acceptors (Lipinski definition) is 4. The van der Waals surface area contributed by atoms with Gasteiger partial charge in [0.1, 0.15) is 6.04 Å². The maximum Gasteiger partial charge on any atom is 0.332 e. The highest BCUT2D eigenvalue weighted by molar-refractivity contribution is 6.21. The Balaban J connectivity index is 1.55. The zero-order chi connectivity index (χ0) is 19.8. The SMILES string of the molecule is CC(=O)c1ccc(N2C(=O)[C@@H]3CN(C(=O)c4ccccc4)CCN3C2=O)cc1. The second-order valence-corrected chi connectivity index (χ2v) is 6.89. The first kappa shape index (κ1) is 17.9. The number of ketones is 1. The maximum atomic E-state index is 12.9. The molecule has 142 valence electrons. The van der Waals surface area contributed by atoms with Gasteiger partial charge in [0.25, 0.3) is 11.8 Å². The quantitative estimate of drug-likeness (QED) is 0.607. The lowest BCUT2D eigenvalue weighted by Gasteiger charge is -2.35. The molecule has 2 fully saturated rings. The van der Waals surface area contributed by atoms with Crippen molar-refractivity contribution in [2.24, 2.45) is 0 Å². The van der Waals surface area contributed by atoms with Crippen LogP contribution in [0.3, 0.4) is 0 Å². The van der Waals surface area contributed by atoms with Crippen molar-refractivity contribution in [1.29, 1.82) is 0 Å². The topological polar surface area (TPSA) is 78.0 Å². The molecule has 0 saturated carbocycles. The second kappa shape index (κ2) is 6.92. The van der Waals surface area contributed by atoms with E-state index >= 15 is 0 Å². The maximum absolute atomic E-state index is 12.9. The van der Waals surface area contributed by atoms with E-state index < -0.39 is 12.1 Å². The van der Waals surface area contributed by atoms with Crippen LogP contribution >= 0.6 is 0 Å². The van der Waals surface area contributed by atoms with Crippen LogP contribution in [-0.2, 0) is 4.79 Å². The van der Waals surface area contributed by atoms with Gasteiger partial charge in [0, 0.05) is 24.2 Å². The first-order chi connectivity index (χ1) is 13.5. The molecule has 4 amide bonds. The molecule has 2 aliphatic heterocycles. The predicted molar refractivity (Wildman–Crippen MR) is 102 cm³/mol. The van der Waals surface area contributed by atoms with Gasteiger partial charge in [0.05, 0.1) is 12.2 Å². The molecule has 2 aromatic carbocycles. The van der Waals surface area contributed by atoms with Gasteiger partial charge in [-0.15, -0.1) is 0 Å². The van der Waals surface area contributed by atoms with Gasteiger partial charge in [-0.25, -0.2) is 9.69 Å². The average Bonchev–Trinajstić information content (AvgIpc) is 2.98. The number of piperazine rings is 1. The Hall–Kier alpha value is -3.48. The summed E-state index contributed by atoms with van der Waals surface area (Å²) in [7, 11) is 0. The highest BCUT2D eigenvalue weighted by Crippen LogP contribution is 2.28. The third-order valence-electron chi connectivity index (χ3n) is 5.16. The van der Waals surface area contributed by atoms with E-state index in [2.05, 4.69) is 0 Å². The highest BCUT2D eigenvalue weighted by atomic mass is 16.2. The summed E-state index contributed by atoms with van der Waals surface area (Å²) in [5.41, 5.74) is 1.50. The molecule has 7 heteroatoms. The molecule has 4 rings (SSSR count). The van der Waals surface area contributed by atoms with Crippen LogP contribution in [0.25, 0.3) is 0 Å². The van der Waals surface area contributed by atoms with Crippen LogP contribution in [0.4, 0.5) is 10.5 Å². The van der Waals surface area contributed by atoms with Crippen molar-refractivity contribution < 1.29 is 19.2 Å². The molecule has 0 bridgehead atoms. The van der Waals surface area contributed by atoms with Crippen molar-refractivity contribution in [2.45, 2.75) is 13.0 Å². The van der Waals surface area contributed by atoms with Gasteiger partial charge >= 0.3 is 6.03 Å². The fraction of sp³-hybridized carbons (Fsp3) is 0.238. The van der Waals surface area contributed by atoms with Crippen LogP contribution in [0.2, 0.25) is 0 Å². The summed E-state index contributed by atoms with van der Waals surface area (Å²) in [5, 5.41) is 0. The molecule has 2 heterocycles. The standard InChI is InChI=1S/C21H19N3O4/c1-14(25)15-7-9-17(10-8-15)24-20(27)18-13-22(11-12-23(18)21(24)28)19(26)16-5-3-2-4-6-16/h2-10,18H,11-13H2,1H3/t18-/m0/s1. The number of carbonyl (C=O) groups excluding carboxylic acids is 4. The minimum atomic E-state index is -0.693. The summed E-state index contributed by atoms with van der Waals surface area (Å²) in [5.74, 6) is -0.589. The number of hydrogen-bond donors (Lipinski definition) is 0. The predicted octanol–water partition coefficient (Wildman–Crippen LogP) is 2.18. The summed E-state index contributed by atoms with van der Waals surface area (Å²) in [6.07, 6.45) is 0. The summed E-state index contributed by atoms with van der Waals surface area (Å²) in [6.45, 7) is 2.30. The number of anilines is 1. The molecular weight excluding hydrogens is 358 g/mol. The molecule has 7 nitrogen and oxygen atoms in total. The molecule has 2 aliphatic rings. The number of benzene rings is 2. The molecular formula is C21H19N3O4. The Bertz CT molecular complexity index is 955. The lowest BCUT2D eigenvalue weighted by molar-refractivity contribution is -0.120. The van der Waals surface area contributed by atoms with E-state index in [0.29, 0.717) is 29.9 Å². The molecule has 0 aromatic heterocycles. The zero-order valence-electron chi connectivity index (χ0n) is 15.4. The normalized spacial score (nSPS) is 19.0.